The molecule has 3 rings (SSSR count). The second-order valence-corrected chi connectivity index (χ2v) is 8.81. The molecule has 0 bridgehead atoms. The molecule has 2 aromatic rings. The van der Waals surface area contributed by atoms with Crippen molar-refractivity contribution in [1.29, 1.82) is 0 Å². The number of nitrogen functional groups attached to an aromatic ring is 1. The molecule has 0 fully saturated rings. The van der Waals surface area contributed by atoms with Crippen LogP contribution < -0.4 is 15.8 Å². The Morgan fingerprint density at radius 3 is 2.97 bits per heavy atom. The number of hydrogen-bond acceptors (Lipinski definition) is 6. The number of halogens is 2. The smallest absolute Gasteiger partial charge is 0.228 e. The van der Waals surface area contributed by atoms with Crippen molar-refractivity contribution in [3.05, 3.63) is 82.8 Å². The third-order valence-electron chi connectivity index (χ3n) is 5.47. The summed E-state index contributed by atoms with van der Waals surface area (Å²) in [6, 6.07) is 1.44. The van der Waals surface area contributed by atoms with Gasteiger partial charge in [-0.05, 0) is 44.1 Å². The Balaban J connectivity index is 1.71. The van der Waals surface area contributed by atoms with Crippen LogP contribution in [0.3, 0.4) is 0 Å². The van der Waals surface area contributed by atoms with Crippen molar-refractivity contribution < 1.29 is 13.9 Å². The van der Waals surface area contributed by atoms with Crippen LogP contribution in [0.2, 0.25) is 5.02 Å². The van der Waals surface area contributed by atoms with Crippen molar-refractivity contribution in [2.45, 2.75) is 58.7 Å². The van der Waals surface area contributed by atoms with Gasteiger partial charge in [0, 0.05) is 41.6 Å². The van der Waals surface area contributed by atoms with Gasteiger partial charge in [0.1, 0.15) is 16.6 Å². The van der Waals surface area contributed by atoms with Gasteiger partial charge in [-0.25, -0.2) is 9.37 Å². The normalized spacial score (nSPS) is 16.5. The number of nitrogens with two attached hydrogens (primary N) is 1. The van der Waals surface area contributed by atoms with Gasteiger partial charge in [-0.1, -0.05) is 37.9 Å². The van der Waals surface area contributed by atoms with Crippen LogP contribution in [0.1, 0.15) is 50.9 Å². The molecule has 0 aliphatic heterocycles. The summed E-state index contributed by atoms with van der Waals surface area (Å²) in [6.07, 6.45) is 15.7. The van der Waals surface area contributed by atoms with E-state index in [0.717, 1.165) is 30.5 Å². The van der Waals surface area contributed by atoms with Gasteiger partial charge >= 0.3 is 0 Å². The number of rotatable bonds is 11. The molecule has 0 spiro atoms. The van der Waals surface area contributed by atoms with E-state index in [1.807, 2.05) is 23.9 Å². The Hall–Kier alpha value is -3.72. The molecule has 0 saturated carbocycles. The number of carbonyl (C=O) groups excluding carboxylic acids is 1. The predicted octanol–water partition coefficient (Wildman–Crippen LogP) is 5.44. The maximum Gasteiger partial charge on any atom is 0.228 e. The van der Waals surface area contributed by atoms with Crippen molar-refractivity contribution in [3.8, 4) is 5.75 Å². The maximum atomic E-state index is 14.7. The standard InChI is InChI=1S/C27H32ClFN6O2/c1-4-6-13-31-16-18(3)35-22(7-5-2)19(17-33-35)15-25(36)34-20-8-10-21(29)23(11-9-20)37-24-12-14-32-27(30)26(24)28/h6,8-14,16-18,21H,4-5,7,15H2,1-3H3,(H2,30,32)(H,34,36)/b13-6-,31-16-. The Bertz CT molecular complexity index is 1250. The van der Waals surface area contributed by atoms with Crippen LogP contribution in [0.25, 0.3) is 0 Å². The molecule has 1 amide bonds. The molecule has 1 aliphatic carbocycles. The molecular weight excluding hydrogens is 495 g/mol. The minimum atomic E-state index is -1.54. The van der Waals surface area contributed by atoms with Crippen molar-refractivity contribution in [2.75, 3.05) is 5.73 Å². The molecule has 1 aliphatic rings. The number of anilines is 1. The zero-order chi connectivity index (χ0) is 26.8. The van der Waals surface area contributed by atoms with E-state index in [4.69, 9.17) is 22.1 Å². The van der Waals surface area contributed by atoms with E-state index in [9.17, 15) is 9.18 Å². The first-order valence-electron chi connectivity index (χ1n) is 12.2. The first kappa shape index (κ1) is 27.9. The van der Waals surface area contributed by atoms with E-state index in [0.29, 0.717) is 5.70 Å². The predicted molar refractivity (Wildman–Crippen MR) is 145 cm³/mol. The number of nitrogens with one attached hydrogen (secondary N) is 1. The highest BCUT2D eigenvalue weighted by molar-refractivity contribution is 6.34. The van der Waals surface area contributed by atoms with Gasteiger partial charge in [-0.2, -0.15) is 5.10 Å². The number of aliphatic imine (C=N–C) groups is 1. The summed E-state index contributed by atoms with van der Waals surface area (Å²) >= 11 is 6.10. The van der Waals surface area contributed by atoms with Crippen LogP contribution in [0.15, 0.2) is 71.5 Å². The van der Waals surface area contributed by atoms with Gasteiger partial charge in [0.25, 0.3) is 0 Å². The van der Waals surface area contributed by atoms with Crippen molar-refractivity contribution in [3.63, 3.8) is 0 Å². The number of amides is 1. The zero-order valence-corrected chi connectivity index (χ0v) is 22.0. The fraction of sp³-hybridized carbons (Fsp3) is 0.333. The Labute approximate surface area is 221 Å². The lowest BCUT2D eigenvalue weighted by Gasteiger charge is -2.13. The van der Waals surface area contributed by atoms with Crippen molar-refractivity contribution >= 4 is 29.5 Å². The van der Waals surface area contributed by atoms with Crippen LogP contribution in [-0.4, -0.2) is 33.1 Å². The van der Waals surface area contributed by atoms with Gasteiger partial charge in [0.2, 0.25) is 5.91 Å². The Kier molecular flexibility index (Phi) is 10.2. The monoisotopic (exact) mass is 526 g/mol. The van der Waals surface area contributed by atoms with Crippen LogP contribution in [0, 0.1) is 0 Å². The minimum Gasteiger partial charge on any atom is -0.456 e. The molecule has 196 valence electrons. The molecule has 0 saturated heterocycles. The van der Waals surface area contributed by atoms with Crippen molar-refractivity contribution in [2.24, 2.45) is 4.99 Å². The van der Waals surface area contributed by atoms with Crippen molar-refractivity contribution in [1.82, 2.24) is 20.1 Å². The highest BCUT2D eigenvalue weighted by Gasteiger charge is 2.19. The number of aromatic nitrogens is 3. The topological polar surface area (TPSA) is 107 Å². The van der Waals surface area contributed by atoms with Crippen LogP contribution in [0.5, 0.6) is 5.75 Å². The molecule has 2 heterocycles. The summed E-state index contributed by atoms with van der Waals surface area (Å²) in [5.41, 5.74) is 7.95. The summed E-state index contributed by atoms with van der Waals surface area (Å²) in [5.74, 6) is 0.0455. The van der Waals surface area contributed by atoms with Gasteiger partial charge in [-0.15, -0.1) is 0 Å². The highest BCUT2D eigenvalue weighted by atomic mass is 35.5. The van der Waals surface area contributed by atoms with E-state index in [-0.39, 0.29) is 40.7 Å². The van der Waals surface area contributed by atoms with E-state index in [1.165, 1.54) is 30.5 Å². The fourth-order valence-electron chi connectivity index (χ4n) is 3.64. The highest BCUT2D eigenvalue weighted by Crippen LogP contribution is 2.31. The number of ether oxygens (including phenoxy) is 1. The number of alkyl halides is 1. The van der Waals surface area contributed by atoms with Gasteiger partial charge in [-0.3, -0.25) is 14.5 Å². The fourth-order valence-corrected chi connectivity index (χ4v) is 3.79. The lowest BCUT2D eigenvalue weighted by Crippen LogP contribution is -2.24. The van der Waals surface area contributed by atoms with E-state index >= 15 is 0 Å². The van der Waals surface area contributed by atoms with Gasteiger partial charge in [0.05, 0.1) is 18.7 Å². The summed E-state index contributed by atoms with van der Waals surface area (Å²) in [7, 11) is 0. The lowest BCUT2D eigenvalue weighted by atomic mass is 10.1. The second-order valence-electron chi connectivity index (χ2n) is 8.43. The molecule has 0 aromatic carbocycles. The SMILES string of the molecule is CC/C=C\N=C/C(C)n1ncc(CC(=O)NC2=CC=C(Oc3ccnc(N)c3Cl)C(F)C=C2)c1CCC. The van der Waals surface area contributed by atoms with Gasteiger partial charge < -0.3 is 15.8 Å². The second kappa shape index (κ2) is 13.5. The Morgan fingerprint density at radius 1 is 1.41 bits per heavy atom. The van der Waals surface area contributed by atoms with E-state index in [1.54, 1.807) is 18.5 Å². The molecule has 3 N–H and O–H groups in total. The molecule has 2 aromatic heterocycles. The molecular formula is C27H32ClFN6O2. The van der Waals surface area contributed by atoms with Gasteiger partial charge in [0.15, 0.2) is 11.9 Å². The number of pyridine rings is 1. The quantitative estimate of drug-likeness (QED) is 0.379. The molecule has 8 nitrogen and oxygen atoms in total. The summed E-state index contributed by atoms with van der Waals surface area (Å²) < 4.78 is 22.2. The van der Waals surface area contributed by atoms with Crippen LogP contribution >= 0.6 is 11.6 Å². The molecule has 10 heteroatoms. The molecule has 37 heavy (non-hydrogen) atoms. The Morgan fingerprint density at radius 2 is 2.22 bits per heavy atom. The first-order chi connectivity index (χ1) is 17.8. The summed E-state index contributed by atoms with van der Waals surface area (Å²) in [6.45, 7) is 6.14. The average molecular weight is 527 g/mol. The number of carbonyl (C=O) groups is 1. The third-order valence-corrected chi connectivity index (χ3v) is 5.85. The van der Waals surface area contributed by atoms with E-state index in [2.05, 4.69) is 34.2 Å². The zero-order valence-electron chi connectivity index (χ0n) is 21.2. The largest absolute Gasteiger partial charge is 0.456 e. The number of nitrogens with zero attached hydrogens (tertiary/aromatic N) is 4. The van der Waals surface area contributed by atoms with Crippen LogP contribution in [0.4, 0.5) is 10.2 Å². The lowest BCUT2D eigenvalue weighted by molar-refractivity contribution is -0.119. The number of hydrogen-bond donors (Lipinski definition) is 2. The first-order valence-corrected chi connectivity index (χ1v) is 12.6. The summed E-state index contributed by atoms with van der Waals surface area (Å²) in [4.78, 5) is 21.0. The van der Waals surface area contributed by atoms with E-state index < -0.39 is 6.17 Å². The number of allylic oxidation sites excluding steroid dienone is 5. The third kappa shape index (κ3) is 7.63. The minimum absolute atomic E-state index is 0.00365. The van der Waals surface area contributed by atoms with Crippen LogP contribution in [-0.2, 0) is 17.6 Å². The average Bonchev–Trinajstić information content (AvgIpc) is 3.18. The molecule has 2 atom stereocenters. The molecule has 2 unspecified atom stereocenters. The maximum absolute atomic E-state index is 14.7. The molecule has 0 radical (unpaired) electrons. The summed E-state index contributed by atoms with van der Waals surface area (Å²) in [5, 5.41) is 7.44.